The second kappa shape index (κ2) is 9.44. The minimum absolute atomic E-state index is 0.0525. The number of hydrogen-bond acceptors (Lipinski definition) is 3. The highest BCUT2D eigenvalue weighted by atomic mass is 16.5. The van der Waals surface area contributed by atoms with Gasteiger partial charge >= 0.3 is 0 Å². The fourth-order valence-electron chi connectivity index (χ4n) is 3.41. The topological polar surface area (TPSA) is 58.6 Å². The second-order valence-electron chi connectivity index (χ2n) is 6.59. The summed E-state index contributed by atoms with van der Waals surface area (Å²) < 4.78 is 5.24. The lowest BCUT2D eigenvalue weighted by Crippen LogP contribution is -2.48. The number of carbonyl (C=O) groups excluding carboxylic acids is 2. The van der Waals surface area contributed by atoms with E-state index in [1.807, 2.05) is 36.1 Å². The van der Waals surface area contributed by atoms with Crippen LogP contribution in [0.5, 0.6) is 5.75 Å². The first-order valence-corrected chi connectivity index (χ1v) is 9.33. The van der Waals surface area contributed by atoms with Gasteiger partial charge in [-0.1, -0.05) is 32.4 Å². The molecule has 138 valence electrons. The molecule has 1 saturated heterocycles. The highest BCUT2D eigenvalue weighted by Gasteiger charge is 2.40. The lowest BCUT2D eigenvalue weighted by Gasteiger charge is -2.41. The van der Waals surface area contributed by atoms with Gasteiger partial charge in [0.05, 0.1) is 19.1 Å². The number of likely N-dealkylation sites (tertiary alicyclic amines) is 1. The van der Waals surface area contributed by atoms with Gasteiger partial charge in [0.1, 0.15) is 5.75 Å². The van der Waals surface area contributed by atoms with E-state index in [9.17, 15) is 9.59 Å². The van der Waals surface area contributed by atoms with Gasteiger partial charge in [-0.15, -0.1) is 0 Å². The van der Waals surface area contributed by atoms with Crippen molar-refractivity contribution in [3.8, 4) is 5.75 Å². The molecule has 1 fully saturated rings. The van der Waals surface area contributed by atoms with Crippen LogP contribution in [0.3, 0.4) is 0 Å². The Morgan fingerprint density at radius 3 is 2.56 bits per heavy atom. The molecule has 2 rings (SSSR count). The lowest BCUT2D eigenvalue weighted by atomic mass is 9.83. The molecular weight excluding hydrogens is 316 g/mol. The first kappa shape index (κ1) is 19.3. The highest BCUT2D eigenvalue weighted by molar-refractivity contribution is 5.85. The number of hydrogen-bond donors (Lipinski definition) is 1. The van der Waals surface area contributed by atoms with E-state index in [-0.39, 0.29) is 23.8 Å². The van der Waals surface area contributed by atoms with E-state index >= 15 is 0 Å². The molecular formula is C20H30N2O3. The summed E-state index contributed by atoms with van der Waals surface area (Å²) in [6.07, 6.45) is 3.92. The van der Waals surface area contributed by atoms with Crippen LogP contribution in [0.15, 0.2) is 24.3 Å². The second-order valence-corrected chi connectivity index (χ2v) is 6.59. The highest BCUT2D eigenvalue weighted by Crippen LogP contribution is 2.37. The molecule has 2 amide bonds. The van der Waals surface area contributed by atoms with E-state index in [1.165, 1.54) is 0 Å². The van der Waals surface area contributed by atoms with Gasteiger partial charge in [-0.05, 0) is 37.0 Å². The summed E-state index contributed by atoms with van der Waals surface area (Å²) >= 11 is 0. The van der Waals surface area contributed by atoms with E-state index in [2.05, 4.69) is 12.2 Å². The Hall–Kier alpha value is -2.04. The van der Waals surface area contributed by atoms with Crippen LogP contribution in [0.25, 0.3) is 0 Å². The average Bonchev–Trinajstić information content (AvgIpc) is 2.65. The van der Waals surface area contributed by atoms with Crippen LogP contribution in [0.4, 0.5) is 0 Å². The molecule has 1 heterocycles. The molecule has 25 heavy (non-hydrogen) atoms. The Kier molecular flexibility index (Phi) is 7.29. The van der Waals surface area contributed by atoms with Crippen LogP contribution in [0, 0.1) is 5.92 Å². The maximum Gasteiger partial charge on any atom is 0.225 e. The van der Waals surface area contributed by atoms with Crippen molar-refractivity contribution in [2.45, 2.75) is 52.0 Å². The molecule has 1 aromatic carbocycles. The standard InChI is InChI=1S/C20H30N2O3/c1-4-6-14-22-18(23)12-11-17(20(24)21-13-5-2)19(22)15-7-9-16(25-3)10-8-15/h7-10,17,19H,4-6,11-14H2,1-3H3,(H,21,24). The summed E-state index contributed by atoms with van der Waals surface area (Å²) in [6, 6.07) is 7.54. The normalized spacial score (nSPS) is 20.4. The quantitative estimate of drug-likeness (QED) is 0.786. The number of benzene rings is 1. The van der Waals surface area contributed by atoms with Crippen LogP contribution in [0.1, 0.15) is 57.6 Å². The van der Waals surface area contributed by atoms with Crippen molar-refractivity contribution in [3.63, 3.8) is 0 Å². The van der Waals surface area contributed by atoms with Gasteiger partial charge < -0.3 is 15.0 Å². The van der Waals surface area contributed by atoms with Crippen molar-refractivity contribution in [2.75, 3.05) is 20.2 Å². The van der Waals surface area contributed by atoms with E-state index in [0.29, 0.717) is 25.9 Å². The molecule has 0 bridgehead atoms. The van der Waals surface area contributed by atoms with E-state index < -0.39 is 0 Å². The number of carbonyl (C=O) groups is 2. The summed E-state index contributed by atoms with van der Waals surface area (Å²) in [5.41, 5.74) is 1.00. The monoisotopic (exact) mass is 346 g/mol. The summed E-state index contributed by atoms with van der Waals surface area (Å²) in [6.45, 7) is 5.53. The molecule has 0 saturated carbocycles. The number of ether oxygens (including phenoxy) is 1. The zero-order valence-electron chi connectivity index (χ0n) is 15.6. The molecule has 1 aliphatic rings. The van der Waals surface area contributed by atoms with Gasteiger partial charge in [0.2, 0.25) is 11.8 Å². The zero-order valence-corrected chi connectivity index (χ0v) is 15.6. The maximum absolute atomic E-state index is 12.7. The predicted molar refractivity (Wildman–Crippen MR) is 98.4 cm³/mol. The number of nitrogens with one attached hydrogen (secondary N) is 1. The van der Waals surface area contributed by atoms with Gasteiger partial charge in [0, 0.05) is 19.5 Å². The summed E-state index contributed by atoms with van der Waals surface area (Å²) in [4.78, 5) is 27.2. The molecule has 0 spiro atoms. The van der Waals surface area contributed by atoms with Crippen molar-refractivity contribution in [2.24, 2.45) is 5.92 Å². The van der Waals surface area contributed by atoms with Gasteiger partial charge in [0.15, 0.2) is 0 Å². The van der Waals surface area contributed by atoms with Crippen LogP contribution in [0.2, 0.25) is 0 Å². The van der Waals surface area contributed by atoms with Crippen LogP contribution >= 0.6 is 0 Å². The fourth-order valence-corrected chi connectivity index (χ4v) is 3.41. The molecule has 0 aromatic heterocycles. The van der Waals surface area contributed by atoms with Gasteiger partial charge in [-0.25, -0.2) is 0 Å². The lowest BCUT2D eigenvalue weighted by molar-refractivity contribution is -0.143. The summed E-state index contributed by atoms with van der Waals surface area (Å²) in [7, 11) is 1.63. The number of unbranched alkanes of at least 4 members (excludes halogenated alkanes) is 1. The maximum atomic E-state index is 12.7. The Labute approximate surface area is 150 Å². The third kappa shape index (κ3) is 4.74. The van der Waals surface area contributed by atoms with E-state index in [1.54, 1.807) is 7.11 Å². The van der Waals surface area contributed by atoms with Crippen molar-refractivity contribution in [1.29, 1.82) is 0 Å². The predicted octanol–water partition coefficient (Wildman–Crippen LogP) is 3.30. The molecule has 2 atom stereocenters. The van der Waals surface area contributed by atoms with Crippen molar-refractivity contribution < 1.29 is 14.3 Å². The first-order valence-electron chi connectivity index (χ1n) is 9.33. The zero-order chi connectivity index (χ0) is 18.2. The molecule has 0 radical (unpaired) electrons. The van der Waals surface area contributed by atoms with Crippen LogP contribution in [-0.4, -0.2) is 36.9 Å². The number of rotatable bonds is 8. The smallest absolute Gasteiger partial charge is 0.225 e. The Morgan fingerprint density at radius 1 is 1.24 bits per heavy atom. The molecule has 0 aliphatic carbocycles. The van der Waals surface area contributed by atoms with Gasteiger partial charge in [-0.2, -0.15) is 0 Å². The summed E-state index contributed by atoms with van der Waals surface area (Å²) in [5.74, 6) is 0.776. The number of nitrogens with zero attached hydrogens (tertiary/aromatic N) is 1. The van der Waals surface area contributed by atoms with Crippen molar-refractivity contribution in [3.05, 3.63) is 29.8 Å². The molecule has 2 unspecified atom stereocenters. The minimum atomic E-state index is -0.200. The number of piperidine rings is 1. The minimum Gasteiger partial charge on any atom is -0.497 e. The van der Waals surface area contributed by atoms with E-state index in [4.69, 9.17) is 4.74 Å². The van der Waals surface area contributed by atoms with Crippen molar-refractivity contribution in [1.82, 2.24) is 10.2 Å². The number of amides is 2. The Bertz CT molecular complexity index is 571. The third-order valence-electron chi connectivity index (χ3n) is 4.80. The van der Waals surface area contributed by atoms with Gasteiger partial charge in [0.25, 0.3) is 0 Å². The first-order chi connectivity index (χ1) is 12.1. The van der Waals surface area contributed by atoms with Gasteiger partial charge in [-0.3, -0.25) is 9.59 Å². The molecule has 1 aromatic rings. The molecule has 1 N–H and O–H groups in total. The SMILES string of the molecule is CCCCN1C(=O)CCC(C(=O)NCCC)C1c1ccc(OC)cc1. The molecule has 5 heteroatoms. The fraction of sp³-hybridized carbons (Fsp3) is 0.600. The van der Waals surface area contributed by atoms with E-state index in [0.717, 1.165) is 30.6 Å². The largest absolute Gasteiger partial charge is 0.497 e. The summed E-state index contributed by atoms with van der Waals surface area (Å²) in [5, 5.41) is 3.01. The number of methoxy groups -OCH3 is 1. The van der Waals surface area contributed by atoms with Crippen molar-refractivity contribution >= 4 is 11.8 Å². The Balaban J connectivity index is 2.32. The van der Waals surface area contributed by atoms with Crippen LogP contribution < -0.4 is 10.1 Å². The molecule has 5 nitrogen and oxygen atoms in total. The van der Waals surface area contributed by atoms with Crippen LogP contribution in [-0.2, 0) is 9.59 Å². The third-order valence-corrected chi connectivity index (χ3v) is 4.80. The Morgan fingerprint density at radius 2 is 1.96 bits per heavy atom. The molecule has 1 aliphatic heterocycles. The average molecular weight is 346 g/mol.